The van der Waals surface area contributed by atoms with E-state index in [1.165, 1.54) is 22.5 Å². The number of hydrogen-bond donors (Lipinski definition) is 0. The number of Topliss-reactive ketones (excluding diaryl/α,β-unsaturated/α-hetero) is 1. The number of carbonyl (C=O) groups excluding carboxylic acids is 1. The number of rotatable bonds is 5. The van der Waals surface area contributed by atoms with E-state index in [0.717, 1.165) is 22.4 Å². The Kier molecular flexibility index (Phi) is 6.25. The van der Waals surface area contributed by atoms with Crippen LogP contribution in [-0.2, 0) is 16.4 Å². The third kappa shape index (κ3) is 4.30. The lowest BCUT2D eigenvalue weighted by Gasteiger charge is -2.44. The zero-order valence-electron chi connectivity index (χ0n) is 21.0. The van der Waals surface area contributed by atoms with Crippen LogP contribution in [0.1, 0.15) is 33.7 Å². The third-order valence-electron chi connectivity index (χ3n) is 7.57. The van der Waals surface area contributed by atoms with Crippen LogP contribution in [-0.4, -0.2) is 46.4 Å². The number of ketones is 1. The van der Waals surface area contributed by atoms with Gasteiger partial charge in [0, 0.05) is 24.3 Å². The van der Waals surface area contributed by atoms with E-state index in [1.54, 1.807) is 59.5 Å². The van der Waals surface area contributed by atoms with Crippen molar-refractivity contribution in [3.8, 4) is 5.69 Å². The normalized spacial score (nSPS) is 19.2. The van der Waals surface area contributed by atoms with Gasteiger partial charge in [-0.1, -0.05) is 29.3 Å². The number of carbonyl (C=O) groups is 1. The molecule has 1 aliphatic heterocycles. The van der Waals surface area contributed by atoms with Gasteiger partial charge >= 0.3 is 0 Å². The van der Waals surface area contributed by atoms with Crippen LogP contribution in [0.4, 0.5) is 4.39 Å². The van der Waals surface area contributed by atoms with Crippen molar-refractivity contribution >= 4 is 33.5 Å². The highest BCUT2D eigenvalue weighted by molar-refractivity contribution is 7.89. The average molecular weight is 563 g/mol. The number of aryl methyl sites for hydroxylation is 1. The highest BCUT2D eigenvalue weighted by Gasteiger charge is 2.51. The van der Waals surface area contributed by atoms with Gasteiger partial charge in [-0.15, -0.1) is 0 Å². The van der Waals surface area contributed by atoms with Gasteiger partial charge in [-0.05, 0) is 85.5 Å². The van der Waals surface area contributed by atoms with E-state index in [0.29, 0.717) is 17.1 Å². The van der Waals surface area contributed by atoms with Gasteiger partial charge in [-0.25, -0.2) is 17.5 Å². The first-order chi connectivity index (χ1) is 18.7. The summed E-state index contributed by atoms with van der Waals surface area (Å²) < 4.78 is 44.2. The minimum atomic E-state index is -3.93. The molecule has 0 amide bonds. The summed E-state index contributed by atoms with van der Waals surface area (Å²) in [6.07, 6.45) is 5.78. The molecule has 2 aromatic heterocycles. The predicted molar refractivity (Wildman–Crippen MR) is 146 cm³/mol. The summed E-state index contributed by atoms with van der Waals surface area (Å²) in [5.74, 6) is -0.585. The van der Waals surface area contributed by atoms with Gasteiger partial charge in [-0.2, -0.15) is 9.40 Å². The minimum Gasteiger partial charge on any atom is -0.291 e. The number of halogens is 2. The summed E-state index contributed by atoms with van der Waals surface area (Å²) in [6, 6.07) is 15.8. The number of fused-ring (bicyclic) bond motifs is 2. The van der Waals surface area contributed by atoms with Crippen molar-refractivity contribution in [3.05, 3.63) is 112 Å². The van der Waals surface area contributed by atoms with E-state index < -0.39 is 15.4 Å². The van der Waals surface area contributed by atoms with Gasteiger partial charge in [0.2, 0.25) is 10.0 Å². The Bertz CT molecular complexity index is 1740. The lowest BCUT2D eigenvalue weighted by Crippen LogP contribution is -2.53. The molecule has 198 valence electrons. The number of pyridine rings is 1. The second-order valence-electron chi connectivity index (χ2n) is 9.92. The fourth-order valence-corrected chi connectivity index (χ4v) is 7.21. The number of hydrogen-bond acceptors (Lipinski definition) is 5. The molecule has 3 heterocycles. The summed E-state index contributed by atoms with van der Waals surface area (Å²) in [5.41, 5.74) is 3.00. The number of aromatic nitrogens is 3. The Morgan fingerprint density at radius 1 is 1.10 bits per heavy atom. The van der Waals surface area contributed by atoms with Crippen molar-refractivity contribution in [2.75, 3.05) is 13.1 Å². The minimum absolute atomic E-state index is 0.0385. The van der Waals surface area contributed by atoms with Crippen LogP contribution >= 0.6 is 11.6 Å². The van der Waals surface area contributed by atoms with Crippen molar-refractivity contribution < 1.29 is 17.6 Å². The van der Waals surface area contributed by atoms with Crippen LogP contribution in [0.3, 0.4) is 0 Å². The van der Waals surface area contributed by atoms with Crippen LogP contribution in [0, 0.1) is 18.2 Å². The number of piperidine rings is 1. The molecule has 2 aliphatic rings. The topological polar surface area (TPSA) is 85.2 Å². The first-order valence-electron chi connectivity index (χ1n) is 12.5. The van der Waals surface area contributed by atoms with E-state index in [2.05, 4.69) is 10.1 Å². The van der Waals surface area contributed by atoms with Crippen LogP contribution in [0.15, 0.2) is 83.5 Å². The van der Waals surface area contributed by atoms with Crippen molar-refractivity contribution in [2.45, 2.75) is 24.7 Å². The van der Waals surface area contributed by atoms with E-state index in [4.69, 9.17) is 11.6 Å². The fourth-order valence-electron chi connectivity index (χ4n) is 5.43. The van der Waals surface area contributed by atoms with Gasteiger partial charge in [0.1, 0.15) is 11.5 Å². The Morgan fingerprint density at radius 2 is 1.90 bits per heavy atom. The molecule has 1 fully saturated rings. The largest absolute Gasteiger partial charge is 0.291 e. The van der Waals surface area contributed by atoms with Crippen molar-refractivity contribution in [2.24, 2.45) is 5.41 Å². The lowest BCUT2D eigenvalue weighted by atomic mass is 9.65. The van der Waals surface area contributed by atoms with Crippen LogP contribution in [0.25, 0.3) is 11.8 Å². The Hall–Kier alpha value is -3.66. The van der Waals surface area contributed by atoms with Crippen molar-refractivity contribution in [3.63, 3.8) is 0 Å². The monoisotopic (exact) mass is 562 g/mol. The van der Waals surface area contributed by atoms with Gasteiger partial charge in [0.15, 0.2) is 5.78 Å². The zero-order chi connectivity index (χ0) is 27.4. The van der Waals surface area contributed by atoms with E-state index >= 15 is 0 Å². The summed E-state index contributed by atoms with van der Waals surface area (Å²) in [6.45, 7) is 1.98. The molecule has 0 bridgehead atoms. The molecule has 0 radical (unpaired) electrons. The van der Waals surface area contributed by atoms with Crippen molar-refractivity contribution in [1.82, 2.24) is 19.1 Å². The van der Waals surface area contributed by atoms with Gasteiger partial charge in [-0.3, -0.25) is 9.78 Å². The molecule has 0 spiro atoms. The molecule has 10 heteroatoms. The van der Waals surface area contributed by atoms with Gasteiger partial charge in [0.25, 0.3) is 0 Å². The predicted octanol–water partition coefficient (Wildman–Crippen LogP) is 5.27. The molecular formula is C29H24ClFN4O3S. The molecule has 6 rings (SSSR count). The zero-order valence-corrected chi connectivity index (χ0v) is 22.6. The Balaban J connectivity index is 1.45. The van der Waals surface area contributed by atoms with Crippen LogP contribution in [0.2, 0.25) is 5.02 Å². The Morgan fingerprint density at radius 3 is 2.62 bits per heavy atom. The molecule has 39 heavy (non-hydrogen) atoms. The number of sulfonamides is 1. The van der Waals surface area contributed by atoms with Gasteiger partial charge in [0.05, 0.1) is 27.9 Å². The molecule has 2 aromatic carbocycles. The smallest absolute Gasteiger partial charge is 0.243 e. The van der Waals surface area contributed by atoms with E-state index in [9.17, 15) is 17.6 Å². The number of benzene rings is 2. The van der Waals surface area contributed by atoms with E-state index in [1.807, 2.05) is 13.0 Å². The molecule has 7 nitrogen and oxygen atoms in total. The maximum atomic E-state index is 14.2. The standard InChI is InChI=1S/C29H24ClFN4O3S/c1-19-5-10-24(15-25(19)30)39(37,38)34-13-11-21-14-27-20(17-33-35(27)23-8-6-22(31)7-9-23)16-29(21,18-34)28(36)26-4-2-3-12-32-26/h2-10,12,14-15,17H,11,13,16,18H2,1H3/t29-/m0/s1. The van der Waals surface area contributed by atoms with E-state index in [-0.39, 0.29) is 41.7 Å². The first kappa shape index (κ1) is 25.6. The second-order valence-corrected chi connectivity index (χ2v) is 12.3. The molecule has 0 N–H and O–H groups in total. The van der Waals surface area contributed by atoms with Crippen molar-refractivity contribution in [1.29, 1.82) is 0 Å². The molecule has 4 aromatic rings. The molecule has 1 saturated heterocycles. The molecular weight excluding hydrogens is 539 g/mol. The number of nitrogens with zero attached hydrogens (tertiary/aromatic N) is 4. The fraction of sp³-hybridized carbons (Fsp3) is 0.207. The summed E-state index contributed by atoms with van der Waals surface area (Å²) >= 11 is 6.26. The quantitative estimate of drug-likeness (QED) is 0.309. The third-order valence-corrected chi connectivity index (χ3v) is 9.81. The highest BCUT2D eigenvalue weighted by atomic mass is 35.5. The first-order valence-corrected chi connectivity index (χ1v) is 14.3. The maximum Gasteiger partial charge on any atom is 0.243 e. The molecule has 0 unspecified atom stereocenters. The van der Waals surface area contributed by atoms with Crippen LogP contribution < -0.4 is 0 Å². The highest BCUT2D eigenvalue weighted by Crippen LogP contribution is 2.47. The second kappa shape index (κ2) is 9.51. The van der Waals surface area contributed by atoms with Crippen LogP contribution in [0.5, 0.6) is 0 Å². The SMILES string of the molecule is Cc1ccc(S(=O)(=O)N2CCC3=Cc4c(cnn4-c4ccc(F)cc4)C[C@]3(C(=O)c3ccccn3)C2)cc1Cl. The molecule has 1 aliphatic carbocycles. The maximum absolute atomic E-state index is 14.2. The summed E-state index contributed by atoms with van der Waals surface area (Å²) in [7, 11) is -3.93. The summed E-state index contributed by atoms with van der Waals surface area (Å²) in [5, 5.41) is 4.89. The molecule has 0 saturated carbocycles. The Labute approximate surface area is 230 Å². The van der Waals surface area contributed by atoms with Gasteiger partial charge < -0.3 is 0 Å². The summed E-state index contributed by atoms with van der Waals surface area (Å²) in [4.78, 5) is 18.6. The average Bonchev–Trinajstić information content (AvgIpc) is 3.35. The lowest BCUT2D eigenvalue weighted by molar-refractivity contribution is 0.0770. The molecule has 1 atom stereocenters.